The number of alkyl carbamates (subject to hydrolysis) is 1. The van der Waals surface area contributed by atoms with Crippen LogP contribution in [0.15, 0.2) is 48.7 Å². The van der Waals surface area contributed by atoms with Gasteiger partial charge in [0.05, 0.1) is 48.7 Å². The molecular formula is C44H53N7O7. The molecule has 2 saturated heterocycles. The van der Waals surface area contributed by atoms with E-state index in [2.05, 4.69) is 58.6 Å². The lowest BCUT2D eigenvalue weighted by Crippen LogP contribution is -2.51. The van der Waals surface area contributed by atoms with E-state index in [0.717, 1.165) is 74.2 Å². The lowest BCUT2D eigenvalue weighted by molar-refractivity contribution is -0.135. The smallest absolute Gasteiger partial charge is 0.410 e. The van der Waals surface area contributed by atoms with Crippen molar-refractivity contribution < 1.29 is 33.3 Å². The molecule has 5 aromatic rings. The van der Waals surface area contributed by atoms with Crippen molar-refractivity contribution in [3.05, 3.63) is 65.9 Å². The summed E-state index contributed by atoms with van der Waals surface area (Å²) in [5.74, 6) is 2.40. The molecule has 3 aromatic carbocycles. The van der Waals surface area contributed by atoms with Crippen LogP contribution in [0.5, 0.6) is 5.75 Å². The molecule has 0 saturated carbocycles. The summed E-state index contributed by atoms with van der Waals surface area (Å²) in [6, 6.07) is 13.5. The van der Waals surface area contributed by atoms with E-state index < -0.39 is 17.7 Å². The predicted octanol–water partition coefficient (Wildman–Crippen LogP) is 7.90. The second-order valence-electron chi connectivity index (χ2n) is 17.4. The molecule has 3 amide bonds. The second-order valence-corrected chi connectivity index (χ2v) is 17.4. The molecule has 0 spiro atoms. The minimum atomic E-state index is -0.707. The number of methoxy groups -OCH3 is 2. The summed E-state index contributed by atoms with van der Waals surface area (Å²) in [5, 5.41) is 4.75. The van der Waals surface area contributed by atoms with Crippen LogP contribution in [0.25, 0.3) is 44.2 Å². The van der Waals surface area contributed by atoms with Crippen LogP contribution in [0.1, 0.15) is 83.7 Å². The van der Waals surface area contributed by atoms with Gasteiger partial charge in [0.2, 0.25) is 5.91 Å². The third kappa shape index (κ3) is 7.45. The van der Waals surface area contributed by atoms with Crippen LogP contribution in [-0.2, 0) is 25.6 Å². The van der Waals surface area contributed by atoms with Gasteiger partial charge in [-0.2, -0.15) is 0 Å². The number of benzene rings is 3. The standard InChI is InChI=1S/C44H53N7O7/c1-23(2)37(49-42(53)56-8)41(52)50-19-24(3)13-34(50)39-45-18-33(47-39)27-9-11-29-28(15-27)22-57-36-17-30-26(16-31(29)36)10-12-32-38(30)48-40(46-32)35-14-25(21-55-7)20-51(35)43(54)58-44(4,5)6/h9-12,15-18,23-25,34-35,37H,13-14,19-22H2,1-8H3,(H,45,47)(H,46,48)(H,49,53)/t24-,25-,34-,35-,37-/m0/s1. The van der Waals surface area contributed by atoms with E-state index in [4.69, 9.17) is 28.9 Å². The fourth-order valence-corrected chi connectivity index (χ4v) is 8.78. The molecule has 14 heteroatoms. The number of amides is 3. The van der Waals surface area contributed by atoms with E-state index >= 15 is 0 Å². The van der Waals surface area contributed by atoms with Gasteiger partial charge in [0.15, 0.2) is 0 Å². The number of aromatic nitrogens is 4. The highest BCUT2D eigenvalue weighted by Crippen LogP contribution is 2.44. The molecule has 2 fully saturated rings. The van der Waals surface area contributed by atoms with Crippen LogP contribution >= 0.6 is 0 Å². The van der Waals surface area contributed by atoms with E-state index in [1.807, 2.05) is 51.8 Å². The van der Waals surface area contributed by atoms with Gasteiger partial charge < -0.3 is 39.1 Å². The van der Waals surface area contributed by atoms with Gasteiger partial charge >= 0.3 is 12.2 Å². The summed E-state index contributed by atoms with van der Waals surface area (Å²) in [6.45, 7) is 13.6. The van der Waals surface area contributed by atoms with Crippen LogP contribution in [0.3, 0.4) is 0 Å². The summed E-state index contributed by atoms with van der Waals surface area (Å²) in [5.41, 5.74) is 6.07. The highest BCUT2D eigenvalue weighted by atomic mass is 16.6. The Labute approximate surface area is 338 Å². The Morgan fingerprint density at radius 3 is 2.50 bits per heavy atom. The number of fused-ring (bicyclic) bond motifs is 6. The van der Waals surface area contributed by atoms with Crippen molar-refractivity contribution in [2.24, 2.45) is 17.8 Å². The first-order valence-corrected chi connectivity index (χ1v) is 20.1. The number of hydrogen-bond acceptors (Lipinski definition) is 9. The first-order chi connectivity index (χ1) is 27.7. The monoisotopic (exact) mass is 791 g/mol. The third-order valence-electron chi connectivity index (χ3n) is 11.5. The van der Waals surface area contributed by atoms with E-state index in [1.54, 1.807) is 12.0 Å². The van der Waals surface area contributed by atoms with Gasteiger partial charge in [-0.25, -0.2) is 19.6 Å². The summed E-state index contributed by atoms with van der Waals surface area (Å²) in [7, 11) is 2.98. The lowest BCUT2D eigenvalue weighted by Gasteiger charge is -2.30. The number of hydrogen-bond donors (Lipinski definition) is 3. The number of carbonyl (C=O) groups excluding carboxylic acids is 3. The zero-order valence-corrected chi connectivity index (χ0v) is 34.5. The molecule has 58 heavy (non-hydrogen) atoms. The van der Waals surface area contributed by atoms with Crippen molar-refractivity contribution >= 4 is 39.9 Å². The van der Waals surface area contributed by atoms with Gasteiger partial charge in [-0.15, -0.1) is 0 Å². The third-order valence-corrected chi connectivity index (χ3v) is 11.5. The molecular weight excluding hydrogens is 739 g/mol. The largest absolute Gasteiger partial charge is 0.488 e. The maximum absolute atomic E-state index is 13.8. The topological polar surface area (TPSA) is 164 Å². The fourth-order valence-electron chi connectivity index (χ4n) is 8.78. The summed E-state index contributed by atoms with van der Waals surface area (Å²) < 4.78 is 22.5. The van der Waals surface area contributed by atoms with Gasteiger partial charge in [-0.3, -0.25) is 9.69 Å². The van der Waals surface area contributed by atoms with Crippen LogP contribution < -0.4 is 10.1 Å². The average Bonchev–Trinajstić information content (AvgIpc) is 4.00. The first kappa shape index (κ1) is 39.2. The van der Waals surface area contributed by atoms with E-state index in [1.165, 1.54) is 7.11 Å². The number of nitrogens with zero attached hydrogens (tertiary/aromatic N) is 4. The quantitative estimate of drug-likeness (QED) is 0.142. The van der Waals surface area contributed by atoms with Crippen molar-refractivity contribution in [2.75, 3.05) is 33.9 Å². The Morgan fingerprint density at radius 2 is 1.76 bits per heavy atom. The normalized spacial score (nSPS) is 20.9. The number of likely N-dealkylation sites (tertiary alicyclic amines) is 2. The van der Waals surface area contributed by atoms with Crippen molar-refractivity contribution in [1.29, 1.82) is 0 Å². The molecule has 2 aromatic heterocycles. The predicted molar refractivity (Wildman–Crippen MR) is 219 cm³/mol. The van der Waals surface area contributed by atoms with Crippen molar-refractivity contribution in [2.45, 2.75) is 84.7 Å². The van der Waals surface area contributed by atoms with Crippen molar-refractivity contribution in [3.63, 3.8) is 0 Å². The zero-order valence-electron chi connectivity index (χ0n) is 34.5. The minimum absolute atomic E-state index is 0.120. The second kappa shape index (κ2) is 15.3. The Morgan fingerprint density at radius 1 is 0.966 bits per heavy atom. The van der Waals surface area contributed by atoms with Gasteiger partial charge in [0.1, 0.15) is 35.6 Å². The average molecular weight is 792 g/mol. The maximum Gasteiger partial charge on any atom is 0.410 e. The first-order valence-electron chi connectivity index (χ1n) is 20.1. The molecule has 3 aliphatic rings. The Balaban J connectivity index is 1.05. The molecule has 0 unspecified atom stereocenters. The molecule has 3 N–H and O–H groups in total. The molecule has 0 bridgehead atoms. The van der Waals surface area contributed by atoms with E-state index in [0.29, 0.717) is 32.1 Å². The number of aromatic amines is 2. The SMILES string of the molecule is COC[C@H]1C[C@@H](c2nc3ccc4cc5c(cc4c3[nH]2)OCc2cc(-c3cnc([C@@H]4C[C@H](C)CN4C(=O)[C@@H](NC(=O)OC)C(C)C)[nH]3)ccc2-5)N(C(=O)OC(C)(C)C)C1. The fraction of sp³-hybridized carbons (Fsp3) is 0.477. The maximum atomic E-state index is 13.8. The molecule has 0 radical (unpaired) electrons. The number of carbonyl (C=O) groups is 3. The Kier molecular flexibility index (Phi) is 10.3. The molecule has 8 rings (SSSR count). The van der Waals surface area contributed by atoms with Gasteiger partial charge in [0, 0.05) is 37.1 Å². The summed E-state index contributed by atoms with van der Waals surface area (Å²) in [6.07, 6.45) is 2.32. The van der Waals surface area contributed by atoms with Crippen molar-refractivity contribution in [3.8, 4) is 28.1 Å². The van der Waals surface area contributed by atoms with E-state index in [-0.39, 0.29) is 41.8 Å². The Hall–Kier alpha value is -5.63. The molecule has 5 heterocycles. The van der Waals surface area contributed by atoms with Crippen molar-refractivity contribution in [1.82, 2.24) is 35.1 Å². The number of H-pyrrole nitrogens is 2. The number of rotatable bonds is 8. The van der Waals surface area contributed by atoms with Gasteiger partial charge in [0.25, 0.3) is 0 Å². The molecule has 306 valence electrons. The zero-order chi connectivity index (χ0) is 41.0. The lowest BCUT2D eigenvalue weighted by atomic mass is 9.92. The van der Waals surface area contributed by atoms with Crippen LogP contribution in [0, 0.1) is 17.8 Å². The molecule has 5 atom stereocenters. The summed E-state index contributed by atoms with van der Waals surface area (Å²) in [4.78, 5) is 59.6. The summed E-state index contributed by atoms with van der Waals surface area (Å²) >= 11 is 0. The van der Waals surface area contributed by atoms with Crippen LogP contribution in [0.4, 0.5) is 9.59 Å². The molecule has 14 nitrogen and oxygen atoms in total. The highest BCUT2D eigenvalue weighted by molar-refractivity contribution is 6.07. The number of ether oxygens (including phenoxy) is 4. The molecule has 3 aliphatic heterocycles. The highest BCUT2D eigenvalue weighted by Gasteiger charge is 2.41. The van der Waals surface area contributed by atoms with Crippen LogP contribution in [0.2, 0.25) is 0 Å². The Bertz CT molecular complexity index is 2380. The molecule has 0 aliphatic carbocycles. The van der Waals surface area contributed by atoms with Gasteiger partial charge in [-0.1, -0.05) is 39.0 Å². The number of imidazole rings is 2. The van der Waals surface area contributed by atoms with Crippen LogP contribution in [-0.4, -0.2) is 93.4 Å². The minimum Gasteiger partial charge on any atom is -0.488 e. The number of nitrogens with one attached hydrogen (secondary N) is 3. The van der Waals surface area contributed by atoms with Gasteiger partial charge in [-0.05, 0) is 91.8 Å². The van der Waals surface area contributed by atoms with E-state index in [9.17, 15) is 14.4 Å².